The molecule has 0 fully saturated rings. The Labute approximate surface area is 104 Å². The molecular weight excluding hydrogens is 228 g/mol. The summed E-state index contributed by atoms with van der Waals surface area (Å²) in [6.45, 7) is 0. The Kier molecular flexibility index (Phi) is 2.68. The van der Waals surface area contributed by atoms with Gasteiger partial charge < -0.3 is 0 Å². The van der Waals surface area contributed by atoms with E-state index in [2.05, 4.69) is 51.7 Å². The van der Waals surface area contributed by atoms with Gasteiger partial charge in [0.05, 0.1) is 5.69 Å². The van der Waals surface area contributed by atoms with Crippen molar-refractivity contribution < 1.29 is 0 Å². The highest BCUT2D eigenvalue weighted by Crippen LogP contribution is 2.26. The molecule has 0 amide bonds. The number of hydrogen-bond acceptors (Lipinski definition) is 3. The lowest BCUT2D eigenvalue weighted by Gasteiger charge is -2.01. The summed E-state index contributed by atoms with van der Waals surface area (Å²) in [6, 6.07) is 14.6. The SMILES string of the molecule is c1csc(-c2ccc(-c3ccncn3)cc2)c1. The standard InChI is InChI=1S/C14H10N2S/c1-2-14(17-9-1)12-5-3-11(4-6-12)13-7-8-15-10-16-13/h1-10H. The van der Waals surface area contributed by atoms with Crippen LogP contribution in [0.1, 0.15) is 0 Å². The molecule has 2 aromatic heterocycles. The summed E-state index contributed by atoms with van der Waals surface area (Å²) in [7, 11) is 0. The zero-order valence-corrected chi connectivity index (χ0v) is 9.89. The van der Waals surface area contributed by atoms with Crippen LogP contribution in [0, 0.1) is 0 Å². The maximum atomic E-state index is 4.23. The molecule has 82 valence electrons. The Morgan fingerprint density at radius 1 is 0.882 bits per heavy atom. The molecule has 0 spiro atoms. The fraction of sp³-hybridized carbons (Fsp3) is 0. The molecule has 0 aliphatic carbocycles. The van der Waals surface area contributed by atoms with E-state index in [1.165, 1.54) is 10.4 Å². The lowest BCUT2D eigenvalue weighted by atomic mass is 10.1. The monoisotopic (exact) mass is 238 g/mol. The minimum absolute atomic E-state index is 0.956. The van der Waals surface area contributed by atoms with Gasteiger partial charge in [-0.05, 0) is 23.1 Å². The maximum Gasteiger partial charge on any atom is 0.116 e. The molecule has 0 radical (unpaired) electrons. The average molecular weight is 238 g/mol. The van der Waals surface area contributed by atoms with Crippen LogP contribution in [0.2, 0.25) is 0 Å². The molecule has 3 rings (SSSR count). The van der Waals surface area contributed by atoms with Crippen molar-refractivity contribution in [1.82, 2.24) is 9.97 Å². The molecule has 0 aliphatic heterocycles. The van der Waals surface area contributed by atoms with Crippen LogP contribution in [0.3, 0.4) is 0 Å². The van der Waals surface area contributed by atoms with Gasteiger partial charge in [0.25, 0.3) is 0 Å². The van der Waals surface area contributed by atoms with Gasteiger partial charge in [-0.3, -0.25) is 0 Å². The van der Waals surface area contributed by atoms with Crippen molar-refractivity contribution in [3.63, 3.8) is 0 Å². The average Bonchev–Trinajstić information content (AvgIpc) is 2.94. The second kappa shape index (κ2) is 4.47. The van der Waals surface area contributed by atoms with Gasteiger partial charge in [-0.25, -0.2) is 9.97 Å². The first-order valence-electron chi connectivity index (χ1n) is 5.34. The van der Waals surface area contributed by atoms with Gasteiger partial charge in [0.2, 0.25) is 0 Å². The largest absolute Gasteiger partial charge is 0.245 e. The van der Waals surface area contributed by atoms with E-state index in [0.29, 0.717) is 0 Å². The van der Waals surface area contributed by atoms with Crippen LogP contribution in [0.5, 0.6) is 0 Å². The van der Waals surface area contributed by atoms with Crippen molar-refractivity contribution in [2.24, 2.45) is 0 Å². The van der Waals surface area contributed by atoms with E-state index in [-0.39, 0.29) is 0 Å². The molecule has 0 saturated heterocycles. The summed E-state index contributed by atoms with van der Waals surface area (Å²) in [4.78, 5) is 9.44. The first-order valence-corrected chi connectivity index (χ1v) is 6.22. The van der Waals surface area contributed by atoms with E-state index in [4.69, 9.17) is 0 Å². The number of thiophene rings is 1. The van der Waals surface area contributed by atoms with Crippen LogP contribution in [-0.4, -0.2) is 9.97 Å². The maximum absolute atomic E-state index is 4.23. The van der Waals surface area contributed by atoms with Crippen LogP contribution >= 0.6 is 11.3 Å². The molecule has 1 aromatic carbocycles. The zero-order chi connectivity index (χ0) is 11.5. The van der Waals surface area contributed by atoms with Crippen LogP contribution in [0.15, 0.2) is 60.4 Å². The Morgan fingerprint density at radius 2 is 1.71 bits per heavy atom. The highest BCUT2D eigenvalue weighted by molar-refractivity contribution is 7.13. The van der Waals surface area contributed by atoms with Gasteiger partial charge in [-0.1, -0.05) is 30.3 Å². The summed E-state index contributed by atoms with van der Waals surface area (Å²) in [5.74, 6) is 0. The summed E-state index contributed by atoms with van der Waals surface area (Å²) in [5, 5.41) is 2.09. The molecule has 0 saturated carbocycles. The summed E-state index contributed by atoms with van der Waals surface area (Å²) >= 11 is 1.75. The van der Waals surface area contributed by atoms with Gasteiger partial charge in [0, 0.05) is 16.6 Å². The van der Waals surface area contributed by atoms with Crippen molar-refractivity contribution in [1.29, 1.82) is 0 Å². The Bertz CT molecular complexity index is 586. The number of hydrogen-bond donors (Lipinski definition) is 0. The molecule has 17 heavy (non-hydrogen) atoms. The van der Waals surface area contributed by atoms with E-state index in [0.717, 1.165) is 11.3 Å². The number of rotatable bonds is 2. The van der Waals surface area contributed by atoms with Gasteiger partial charge in [0.15, 0.2) is 0 Å². The third-order valence-electron chi connectivity index (χ3n) is 2.57. The lowest BCUT2D eigenvalue weighted by Crippen LogP contribution is -1.83. The van der Waals surface area contributed by atoms with E-state index in [1.807, 2.05) is 6.07 Å². The van der Waals surface area contributed by atoms with E-state index in [9.17, 15) is 0 Å². The Hall–Kier alpha value is -2.00. The molecule has 0 bridgehead atoms. The number of aromatic nitrogens is 2. The molecule has 0 N–H and O–H groups in total. The van der Waals surface area contributed by atoms with Crippen molar-refractivity contribution in [3.05, 3.63) is 60.4 Å². The van der Waals surface area contributed by atoms with E-state index < -0.39 is 0 Å². The summed E-state index contributed by atoms with van der Waals surface area (Å²) in [6.07, 6.45) is 3.33. The quantitative estimate of drug-likeness (QED) is 0.677. The van der Waals surface area contributed by atoms with Gasteiger partial charge in [-0.2, -0.15) is 0 Å². The van der Waals surface area contributed by atoms with Crippen LogP contribution in [-0.2, 0) is 0 Å². The fourth-order valence-corrected chi connectivity index (χ4v) is 2.44. The summed E-state index contributed by atoms with van der Waals surface area (Å²) < 4.78 is 0. The normalized spacial score (nSPS) is 10.4. The van der Waals surface area contributed by atoms with Crippen molar-refractivity contribution in [2.75, 3.05) is 0 Å². The van der Waals surface area contributed by atoms with Crippen LogP contribution in [0.4, 0.5) is 0 Å². The third-order valence-corrected chi connectivity index (χ3v) is 3.49. The second-order valence-corrected chi connectivity index (χ2v) is 4.60. The van der Waals surface area contributed by atoms with Gasteiger partial charge >= 0.3 is 0 Å². The van der Waals surface area contributed by atoms with Crippen molar-refractivity contribution in [3.8, 4) is 21.7 Å². The predicted molar refractivity (Wildman–Crippen MR) is 70.8 cm³/mol. The molecule has 2 heterocycles. The topological polar surface area (TPSA) is 25.8 Å². The van der Waals surface area contributed by atoms with Crippen LogP contribution < -0.4 is 0 Å². The highest BCUT2D eigenvalue weighted by atomic mass is 32.1. The Balaban J connectivity index is 1.96. The lowest BCUT2D eigenvalue weighted by molar-refractivity contribution is 1.17. The van der Waals surface area contributed by atoms with E-state index >= 15 is 0 Å². The number of nitrogens with zero attached hydrogens (tertiary/aromatic N) is 2. The third kappa shape index (κ3) is 2.10. The van der Waals surface area contributed by atoms with Crippen LogP contribution in [0.25, 0.3) is 21.7 Å². The highest BCUT2D eigenvalue weighted by Gasteiger charge is 2.01. The molecular formula is C14H10N2S. The van der Waals surface area contributed by atoms with Gasteiger partial charge in [-0.15, -0.1) is 11.3 Å². The zero-order valence-electron chi connectivity index (χ0n) is 9.08. The number of benzene rings is 1. The van der Waals surface area contributed by atoms with Gasteiger partial charge in [0.1, 0.15) is 6.33 Å². The van der Waals surface area contributed by atoms with Crippen molar-refractivity contribution in [2.45, 2.75) is 0 Å². The molecule has 0 unspecified atom stereocenters. The molecule has 0 aliphatic rings. The Morgan fingerprint density at radius 3 is 2.35 bits per heavy atom. The first kappa shape index (κ1) is 10.2. The first-order chi connectivity index (χ1) is 8.43. The minimum atomic E-state index is 0.956. The fourth-order valence-electron chi connectivity index (χ4n) is 1.71. The second-order valence-electron chi connectivity index (χ2n) is 3.65. The smallest absolute Gasteiger partial charge is 0.116 e. The molecule has 3 heteroatoms. The molecule has 3 aromatic rings. The minimum Gasteiger partial charge on any atom is -0.245 e. The summed E-state index contributed by atoms with van der Waals surface area (Å²) in [5.41, 5.74) is 3.32. The van der Waals surface area contributed by atoms with Crippen molar-refractivity contribution >= 4 is 11.3 Å². The van der Waals surface area contributed by atoms with E-state index in [1.54, 1.807) is 23.9 Å². The molecule has 2 nitrogen and oxygen atoms in total. The predicted octanol–water partition coefficient (Wildman–Crippen LogP) is 3.87. The molecule has 0 atom stereocenters.